The van der Waals surface area contributed by atoms with Gasteiger partial charge in [0.2, 0.25) is 0 Å². The first-order valence-corrected chi connectivity index (χ1v) is 6.03. The number of para-hydroxylation sites is 2. The number of halogens is 1. The number of benzene rings is 1. The molecule has 1 N–H and O–H groups in total. The van der Waals surface area contributed by atoms with E-state index in [0.717, 1.165) is 0 Å². The summed E-state index contributed by atoms with van der Waals surface area (Å²) in [5.41, 5.74) is 0.272. The normalized spacial score (nSPS) is 9.21. The van der Waals surface area contributed by atoms with Crippen molar-refractivity contribution in [2.75, 3.05) is 5.32 Å². The average molecular weight is 281 g/mol. The zero-order chi connectivity index (χ0) is 14.3. The van der Waals surface area contributed by atoms with Gasteiger partial charge in [0.05, 0.1) is 4.92 Å². The highest BCUT2D eigenvalue weighted by Crippen LogP contribution is 2.28. The summed E-state index contributed by atoms with van der Waals surface area (Å²) >= 11 is 5.80. The largest absolute Gasteiger partial charge is 0.332 e. The Morgan fingerprint density at radius 1 is 1.21 bits per heavy atom. The van der Waals surface area contributed by atoms with Crippen LogP contribution in [0.1, 0.15) is 13.8 Å². The molecule has 1 aromatic heterocycles. The van der Waals surface area contributed by atoms with Gasteiger partial charge in [-0.15, -0.1) is 0 Å². The third kappa shape index (κ3) is 3.89. The molecule has 19 heavy (non-hydrogen) atoms. The lowest BCUT2D eigenvalue weighted by Crippen LogP contribution is -1.99. The van der Waals surface area contributed by atoms with E-state index >= 15 is 0 Å². The van der Waals surface area contributed by atoms with Gasteiger partial charge in [0.15, 0.2) is 11.0 Å². The SMILES string of the molecule is CC.O=[N+]([O-])c1ccccc1Nc1nccnc1Cl. The molecule has 0 bridgehead atoms. The van der Waals surface area contributed by atoms with Gasteiger partial charge in [-0.3, -0.25) is 10.1 Å². The van der Waals surface area contributed by atoms with Crippen LogP contribution in [0, 0.1) is 10.1 Å². The van der Waals surface area contributed by atoms with Crippen LogP contribution >= 0.6 is 11.6 Å². The fourth-order valence-corrected chi connectivity index (χ4v) is 1.42. The van der Waals surface area contributed by atoms with Crippen molar-refractivity contribution in [1.29, 1.82) is 0 Å². The third-order valence-corrected chi connectivity index (χ3v) is 2.28. The minimum atomic E-state index is -0.480. The highest BCUT2D eigenvalue weighted by Gasteiger charge is 2.13. The van der Waals surface area contributed by atoms with Crippen LogP contribution in [-0.2, 0) is 0 Å². The standard InChI is InChI=1S/C10H7ClN4O2.C2H6/c11-9-10(13-6-5-12-9)14-7-3-1-2-4-8(7)15(16)17;1-2/h1-6H,(H,13,14);1-2H3. The van der Waals surface area contributed by atoms with Gasteiger partial charge in [-0.1, -0.05) is 37.6 Å². The van der Waals surface area contributed by atoms with Crippen LogP contribution in [0.5, 0.6) is 0 Å². The summed E-state index contributed by atoms with van der Waals surface area (Å²) in [5.74, 6) is 0.281. The molecule has 0 saturated heterocycles. The van der Waals surface area contributed by atoms with Crippen LogP contribution in [-0.4, -0.2) is 14.9 Å². The van der Waals surface area contributed by atoms with Crippen molar-refractivity contribution in [2.45, 2.75) is 13.8 Å². The monoisotopic (exact) mass is 280 g/mol. The van der Waals surface area contributed by atoms with Gasteiger partial charge in [0.1, 0.15) is 5.69 Å². The molecule has 2 aromatic rings. The Balaban J connectivity index is 0.000000861. The van der Waals surface area contributed by atoms with Crippen LogP contribution in [0.4, 0.5) is 17.2 Å². The molecule has 1 aromatic carbocycles. The first-order valence-electron chi connectivity index (χ1n) is 5.65. The van der Waals surface area contributed by atoms with Crippen LogP contribution < -0.4 is 5.32 Å². The zero-order valence-electron chi connectivity index (χ0n) is 10.5. The third-order valence-electron chi connectivity index (χ3n) is 2.01. The summed E-state index contributed by atoms with van der Waals surface area (Å²) in [7, 11) is 0. The minimum absolute atomic E-state index is 0.0470. The molecule has 0 aliphatic rings. The Bertz CT molecular complexity index is 563. The second kappa shape index (κ2) is 7.27. The molecule has 0 saturated carbocycles. The lowest BCUT2D eigenvalue weighted by Gasteiger charge is -2.06. The fourth-order valence-electron chi connectivity index (χ4n) is 1.27. The number of nitro benzene ring substituents is 1. The summed E-state index contributed by atoms with van der Waals surface area (Å²) in [6.45, 7) is 4.00. The molecule has 0 atom stereocenters. The van der Waals surface area contributed by atoms with Crippen LogP contribution in [0.2, 0.25) is 5.15 Å². The number of hydrogen-bond donors (Lipinski definition) is 1. The van der Waals surface area contributed by atoms with Crippen molar-refractivity contribution in [3.63, 3.8) is 0 Å². The Morgan fingerprint density at radius 2 is 1.84 bits per heavy atom. The van der Waals surface area contributed by atoms with Gasteiger partial charge < -0.3 is 5.32 Å². The maximum absolute atomic E-state index is 10.8. The molecule has 0 aliphatic carbocycles. The van der Waals surface area contributed by atoms with Crippen molar-refractivity contribution >= 4 is 28.8 Å². The number of nitro groups is 1. The number of hydrogen-bond acceptors (Lipinski definition) is 5. The molecule has 0 fully saturated rings. The van der Waals surface area contributed by atoms with E-state index < -0.39 is 4.92 Å². The summed E-state index contributed by atoms with van der Waals surface area (Å²) < 4.78 is 0. The minimum Gasteiger partial charge on any atom is -0.332 e. The summed E-state index contributed by atoms with van der Waals surface area (Å²) in [6, 6.07) is 6.23. The molecule has 7 heteroatoms. The highest BCUT2D eigenvalue weighted by molar-refractivity contribution is 6.31. The number of anilines is 2. The summed E-state index contributed by atoms with van der Waals surface area (Å²) in [6.07, 6.45) is 2.88. The molecule has 0 spiro atoms. The lowest BCUT2D eigenvalue weighted by molar-refractivity contribution is -0.383. The van der Waals surface area contributed by atoms with Crippen molar-refractivity contribution in [3.8, 4) is 0 Å². The van der Waals surface area contributed by atoms with E-state index in [1.807, 2.05) is 13.8 Å². The summed E-state index contributed by atoms with van der Waals surface area (Å²) in [4.78, 5) is 18.1. The van der Waals surface area contributed by atoms with Crippen molar-refractivity contribution in [3.05, 3.63) is 51.9 Å². The molecule has 0 aliphatic heterocycles. The molecule has 0 radical (unpaired) electrons. The number of rotatable bonds is 3. The molecular formula is C12H13ClN4O2. The van der Waals surface area contributed by atoms with E-state index in [9.17, 15) is 10.1 Å². The molecule has 1 heterocycles. The van der Waals surface area contributed by atoms with Crippen molar-refractivity contribution < 1.29 is 4.92 Å². The number of nitrogens with zero attached hydrogens (tertiary/aromatic N) is 3. The molecule has 6 nitrogen and oxygen atoms in total. The number of nitrogens with one attached hydrogen (secondary N) is 1. The van der Waals surface area contributed by atoms with E-state index in [0.29, 0.717) is 5.69 Å². The van der Waals surface area contributed by atoms with Gasteiger partial charge in [0, 0.05) is 18.5 Å². The van der Waals surface area contributed by atoms with Gasteiger partial charge in [0.25, 0.3) is 5.69 Å². The smallest absolute Gasteiger partial charge is 0.292 e. The van der Waals surface area contributed by atoms with Gasteiger partial charge in [-0.2, -0.15) is 0 Å². The van der Waals surface area contributed by atoms with Crippen molar-refractivity contribution in [2.24, 2.45) is 0 Å². The van der Waals surface area contributed by atoms with E-state index in [4.69, 9.17) is 11.6 Å². The molecule has 2 rings (SSSR count). The second-order valence-corrected chi connectivity index (χ2v) is 3.45. The van der Waals surface area contributed by atoms with Crippen molar-refractivity contribution in [1.82, 2.24) is 9.97 Å². The first-order chi connectivity index (χ1) is 9.18. The van der Waals surface area contributed by atoms with Gasteiger partial charge in [-0.05, 0) is 6.07 Å². The molecule has 0 amide bonds. The number of aromatic nitrogens is 2. The molecule has 0 unspecified atom stereocenters. The topological polar surface area (TPSA) is 81.0 Å². The van der Waals surface area contributed by atoms with E-state index in [2.05, 4.69) is 15.3 Å². The second-order valence-electron chi connectivity index (χ2n) is 3.10. The Kier molecular flexibility index (Phi) is 5.69. The molecule has 100 valence electrons. The first kappa shape index (κ1) is 14.8. The highest BCUT2D eigenvalue weighted by atomic mass is 35.5. The van der Waals surface area contributed by atoms with Crippen LogP contribution in [0.25, 0.3) is 0 Å². The average Bonchev–Trinajstić information content (AvgIpc) is 2.44. The Labute approximate surface area is 115 Å². The Hall–Kier alpha value is -2.21. The Morgan fingerprint density at radius 3 is 2.47 bits per heavy atom. The predicted octanol–water partition coefficient (Wildman–Crippen LogP) is 3.81. The fraction of sp³-hybridized carbons (Fsp3) is 0.167. The quantitative estimate of drug-likeness (QED) is 0.683. The van der Waals surface area contributed by atoms with Crippen LogP contribution in [0.3, 0.4) is 0 Å². The maximum Gasteiger partial charge on any atom is 0.292 e. The lowest BCUT2D eigenvalue weighted by atomic mass is 10.2. The molecular weight excluding hydrogens is 268 g/mol. The zero-order valence-corrected chi connectivity index (χ0v) is 11.3. The summed E-state index contributed by atoms with van der Waals surface area (Å²) in [5, 5.41) is 13.7. The van der Waals surface area contributed by atoms with Gasteiger partial charge in [-0.25, -0.2) is 9.97 Å². The maximum atomic E-state index is 10.8. The van der Waals surface area contributed by atoms with E-state index in [-0.39, 0.29) is 16.7 Å². The van der Waals surface area contributed by atoms with Gasteiger partial charge >= 0.3 is 0 Å². The van der Waals surface area contributed by atoms with E-state index in [1.165, 1.54) is 18.5 Å². The predicted molar refractivity (Wildman–Crippen MR) is 74.8 cm³/mol. The van der Waals surface area contributed by atoms with E-state index in [1.54, 1.807) is 18.2 Å². The van der Waals surface area contributed by atoms with Crippen LogP contribution in [0.15, 0.2) is 36.7 Å².